The number of thiazole rings is 1. The fourth-order valence-corrected chi connectivity index (χ4v) is 4.54. The van der Waals surface area contributed by atoms with Crippen molar-refractivity contribution in [2.24, 2.45) is 0 Å². The topological polar surface area (TPSA) is 76.9 Å². The fraction of sp³-hybridized carbons (Fsp3) is 0.250. The molecule has 138 valence electrons. The van der Waals surface area contributed by atoms with Gasteiger partial charge in [0.05, 0.1) is 21.3 Å². The van der Waals surface area contributed by atoms with Crippen LogP contribution in [0, 0.1) is 19.7 Å². The first-order valence-corrected chi connectivity index (χ1v) is 10.4. The van der Waals surface area contributed by atoms with Crippen LogP contribution in [0.4, 0.5) is 4.39 Å². The van der Waals surface area contributed by atoms with E-state index >= 15 is 0 Å². The zero-order valence-corrected chi connectivity index (χ0v) is 16.4. The third-order valence-corrected chi connectivity index (χ3v) is 6.22. The van der Waals surface area contributed by atoms with Crippen molar-refractivity contribution in [3.63, 3.8) is 0 Å². The number of rotatable bonds is 6. The lowest BCUT2D eigenvalue weighted by Crippen LogP contribution is -2.26. The van der Waals surface area contributed by atoms with Gasteiger partial charge >= 0.3 is 0 Å². The van der Waals surface area contributed by atoms with Crippen LogP contribution in [0.5, 0.6) is 0 Å². The molecule has 0 saturated heterocycles. The van der Waals surface area contributed by atoms with Crippen LogP contribution in [0.15, 0.2) is 34.5 Å². The average molecular weight is 415 g/mol. The molecule has 2 aromatic heterocycles. The lowest BCUT2D eigenvalue weighted by atomic mass is 10.3. The summed E-state index contributed by atoms with van der Waals surface area (Å²) in [4.78, 5) is 4.41. The number of aromatic nitrogens is 3. The van der Waals surface area contributed by atoms with E-state index in [2.05, 4.69) is 14.8 Å². The molecule has 1 N–H and O–H groups in total. The monoisotopic (exact) mass is 414 g/mol. The zero-order chi connectivity index (χ0) is 18.9. The molecule has 3 rings (SSSR count). The SMILES string of the molecule is Cc1cc(C)n(-c2nc(CCNS(=O)(=O)c3ccc(F)c(Cl)c3)cs2)n1. The van der Waals surface area contributed by atoms with Crippen LogP contribution in [0.2, 0.25) is 5.02 Å². The number of nitrogens with one attached hydrogen (secondary N) is 1. The molecule has 0 spiro atoms. The molecule has 0 atom stereocenters. The molecule has 2 heterocycles. The van der Waals surface area contributed by atoms with Crippen LogP contribution in [-0.4, -0.2) is 29.7 Å². The van der Waals surface area contributed by atoms with E-state index in [1.807, 2.05) is 25.3 Å². The maximum absolute atomic E-state index is 13.2. The summed E-state index contributed by atoms with van der Waals surface area (Å²) in [6.45, 7) is 4.02. The van der Waals surface area contributed by atoms with Gasteiger partial charge in [-0.25, -0.2) is 27.2 Å². The standard InChI is InChI=1S/C16H16ClFN4O2S2/c1-10-7-11(2)22(21-10)16-20-12(9-25-16)5-6-19-26(23,24)13-3-4-15(18)14(17)8-13/h3-4,7-9,19H,5-6H2,1-2H3. The number of nitrogens with zero attached hydrogens (tertiary/aromatic N) is 3. The van der Waals surface area contributed by atoms with Crippen LogP contribution in [0.3, 0.4) is 0 Å². The Balaban J connectivity index is 1.64. The second kappa shape index (κ2) is 7.43. The third kappa shape index (κ3) is 4.12. The number of benzene rings is 1. The van der Waals surface area contributed by atoms with E-state index < -0.39 is 15.8 Å². The first-order valence-electron chi connectivity index (χ1n) is 7.69. The zero-order valence-electron chi connectivity index (χ0n) is 14.0. The molecule has 0 radical (unpaired) electrons. The highest BCUT2D eigenvalue weighted by atomic mass is 35.5. The predicted molar refractivity (Wildman–Crippen MR) is 99.0 cm³/mol. The van der Waals surface area contributed by atoms with Crippen molar-refractivity contribution in [3.05, 3.63) is 57.6 Å². The van der Waals surface area contributed by atoms with Gasteiger partial charge in [-0.1, -0.05) is 11.6 Å². The second-order valence-corrected chi connectivity index (χ2v) is 8.69. The van der Waals surface area contributed by atoms with Crippen LogP contribution in [0.25, 0.3) is 5.13 Å². The van der Waals surface area contributed by atoms with Crippen molar-refractivity contribution in [1.82, 2.24) is 19.5 Å². The van der Waals surface area contributed by atoms with Gasteiger partial charge in [0.1, 0.15) is 5.82 Å². The summed E-state index contributed by atoms with van der Waals surface area (Å²) in [6, 6.07) is 5.25. The summed E-state index contributed by atoms with van der Waals surface area (Å²) in [6.07, 6.45) is 0.421. The Labute approximate surface area is 159 Å². The van der Waals surface area contributed by atoms with Gasteiger partial charge in [0, 0.05) is 24.0 Å². The fourth-order valence-electron chi connectivity index (χ4n) is 2.37. The lowest BCUT2D eigenvalue weighted by Gasteiger charge is -2.06. The molecule has 6 nitrogen and oxygen atoms in total. The predicted octanol–water partition coefficient (Wildman–Crippen LogP) is 3.26. The van der Waals surface area contributed by atoms with Gasteiger partial charge in [-0.05, 0) is 38.1 Å². The van der Waals surface area contributed by atoms with E-state index in [0.717, 1.165) is 34.3 Å². The molecule has 0 bridgehead atoms. The first kappa shape index (κ1) is 19.0. The Kier molecular flexibility index (Phi) is 5.42. The molecule has 0 saturated carbocycles. The van der Waals surface area contributed by atoms with Crippen LogP contribution < -0.4 is 4.72 Å². The molecule has 0 unspecified atom stereocenters. The molecular weight excluding hydrogens is 399 g/mol. The second-order valence-electron chi connectivity index (χ2n) is 5.68. The minimum atomic E-state index is -3.76. The smallest absolute Gasteiger partial charge is 0.223 e. The van der Waals surface area contributed by atoms with Crippen molar-refractivity contribution in [3.8, 4) is 5.13 Å². The van der Waals surface area contributed by atoms with Crippen LogP contribution >= 0.6 is 22.9 Å². The quantitative estimate of drug-likeness (QED) is 0.671. The summed E-state index contributed by atoms with van der Waals surface area (Å²) in [5.74, 6) is -0.662. The lowest BCUT2D eigenvalue weighted by molar-refractivity contribution is 0.580. The summed E-state index contributed by atoms with van der Waals surface area (Å²) in [5.41, 5.74) is 2.65. The molecule has 26 heavy (non-hydrogen) atoms. The number of hydrogen-bond acceptors (Lipinski definition) is 5. The molecule has 0 amide bonds. The summed E-state index contributed by atoms with van der Waals surface area (Å²) >= 11 is 7.08. The number of aryl methyl sites for hydroxylation is 2. The Morgan fingerprint density at radius 2 is 2.08 bits per heavy atom. The van der Waals surface area contributed by atoms with Gasteiger partial charge in [0.2, 0.25) is 15.2 Å². The highest BCUT2D eigenvalue weighted by molar-refractivity contribution is 7.89. The number of hydrogen-bond donors (Lipinski definition) is 1. The van der Waals surface area contributed by atoms with E-state index in [1.165, 1.54) is 17.4 Å². The van der Waals surface area contributed by atoms with E-state index in [1.54, 1.807) is 4.68 Å². The Bertz CT molecular complexity index is 1050. The number of halogens is 2. The molecule has 0 aliphatic heterocycles. The molecule has 0 fully saturated rings. The van der Waals surface area contributed by atoms with Gasteiger partial charge in [0.15, 0.2) is 0 Å². The van der Waals surface area contributed by atoms with Crippen molar-refractivity contribution < 1.29 is 12.8 Å². The van der Waals surface area contributed by atoms with Gasteiger partial charge in [-0.2, -0.15) is 5.10 Å². The maximum Gasteiger partial charge on any atom is 0.240 e. The molecule has 0 aliphatic rings. The van der Waals surface area contributed by atoms with E-state index in [4.69, 9.17) is 11.6 Å². The van der Waals surface area contributed by atoms with Gasteiger partial charge in [-0.15, -0.1) is 11.3 Å². The highest BCUT2D eigenvalue weighted by Crippen LogP contribution is 2.20. The first-order chi connectivity index (χ1) is 12.3. The van der Waals surface area contributed by atoms with Crippen LogP contribution in [0.1, 0.15) is 17.1 Å². The average Bonchev–Trinajstić information content (AvgIpc) is 3.15. The minimum Gasteiger partial charge on any atom is -0.223 e. The summed E-state index contributed by atoms with van der Waals surface area (Å²) < 4.78 is 41.9. The van der Waals surface area contributed by atoms with Crippen molar-refractivity contribution in [2.45, 2.75) is 25.2 Å². The maximum atomic E-state index is 13.2. The Morgan fingerprint density at radius 3 is 2.73 bits per heavy atom. The molecular formula is C16H16ClFN4O2S2. The molecule has 1 aromatic carbocycles. The van der Waals surface area contributed by atoms with E-state index in [9.17, 15) is 12.8 Å². The summed E-state index contributed by atoms with van der Waals surface area (Å²) in [7, 11) is -3.76. The van der Waals surface area contributed by atoms with Crippen molar-refractivity contribution in [2.75, 3.05) is 6.54 Å². The molecule has 3 aromatic rings. The third-order valence-electron chi connectivity index (χ3n) is 3.61. The highest BCUT2D eigenvalue weighted by Gasteiger charge is 2.16. The van der Waals surface area contributed by atoms with Gasteiger partial charge in [-0.3, -0.25) is 0 Å². The van der Waals surface area contributed by atoms with Crippen molar-refractivity contribution >= 4 is 33.0 Å². The molecule has 10 heteroatoms. The van der Waals surface area contributed by atoms with E-state index in [-0.39, 0.29) is 16.5 Å². The normalized spacial score (nSPS) is 11.8. The van der Waals surface area contributed by atoms with E-state index in [0.29, 0.717) is 6.42 Å². The summed E-state index contributed by atoms with van der Waals surface area (Å²) in [5, 5.41) is 6.75. The van der Waals surface area contributed by atoms with Gasteiger partial charge in [0.25, 0.3) is 0 Å². The van der Waals surface area contributed by atoms with Crippen molar-refractivity contribution in [1.29, 1.82) is 0 Å². The minimum absolute atomic E-state index is 0.0782. The molecule has 0 aliphatic carbocycles. The largest absolute Gasteiger partial charge is 0.240 e. The Hall–Kier alpha value is -1.81. The van der Waals surface area contributed by atoms with Gasteiger partial charge < -0.3 is 0 Å². The van der Waals surface area contributed by atoms with Crippen LogP contribution in [-0.2, 0) is 16.4 Å². The number of sulfonamides is 1. The Morgan fingerprint density at radius 1 is 1.31 bits per heavy atom.